The van der Waals surface area contributed by atoms with Gasteiger partial charge in [-0.15, -0.1) is 0 Å². The number of rotatable bonds is 8. The standard InChI is InChI=1S/C18H21ClN2O3/c1-3-23-17(22)8-9-20-11-14-10-16(19)18(21-12-14)24-15-6-4-13(2)5-7-15/h4-7,10,12,20H,3,8-9,11H2,1-2H3. The van der Waals surface area contributed by atoms with Crippen molar-refractivity contribution in [1.29, 1.82) is 0 Å². The molecule has 128 valence electrons. The number of carbonyl (C=O) groups is 1. The third-order valence-corrected chi connectivity index (χ3v) is 3.51. The lowest BCUT2D eigenvalue weighted by Crippen LogP contribution is -2.19. The van der Waals surface area contributed by atoms with Crippen LogP contribution >= 0.6 is 11.6 Å². The first-order valence-corrected chi connectivity index (χ1v) is 8.21. The Balaban J connectivity index is 1.85. The van der Waals surface area contributed by atoms with Crippen molar-refractivity contribution in [1.82, 2.24) is 10.3 Å². The Morgan fingerprint density at radius 3 is 2.71 bits per heavy atom. The molecule has 0 saturated carbocycles. The van der Waals surface area contributed by atoms with Crippen molar-refractivity contribution in [3.05, 3.63) is 52.7 Å². The molecule has 0 aliphatic carbocycles. The van der Waals surface area contributed by atoms with Crippen molar-refractivity contribution in [3.63, 3.8) is 0 Å². The normalized spacial score (nSPS) is 10.5. The number of esters is 1. The molecule has 0 unspecified atom stereocenters. The Morgan fingerprint density at radius 2 is 2.04 bits per heavy atom. The zero-order valence-corrected chi connectivity index (χ0v) is 14.6. The van der Waals surface area contributed by atoms with Crippen LogP contribution in [0.4, 0.5) is 0 Å². The van der Waals surface area contributed by atoms with E-state index in [1.807, 2.05) is 31.2 Å². The molecule has 2 aromatic rings. The molecule has 0 bridgehead atoms. The first-order valence-electron chi connectivity index (χ1n) is 7.83. The number of pyridine rings is 1. The average Bonchev–Trinajstić information content (AvgIpc) is 2.56. The Morgan fingerprint density at radius 1 is 1.29 bits per heavy atom. The van der Waals surface area contributed by atoms with Gasteiger partial charge >= 0.3 is 5.97 Å². The highest BCUT2D eigenvalue weighted by Gasteiger charge is 2.07. The highest BCUT2D eigenvalue weighted by molar-refractivity contribution is 6.31. The van der Waals surface area contributed by atoms with Crippen LogP contribution in [0.5, 0.6) is 11.6 Å². The van der Waals surface area contributed by atoms with E-state index < -0.39 is 0 Å². The van der Waals surface area contributed by atoms with Gasteiger partial charge in [-0.2, -0.15) is 0 Å². The van der Waals surface area contributed by atoms with Gasteiger partial charge in [0.05, 0.1) is 13.0 Å². The molecule has 0 radical (unpaired) electrons. The van der Waals surface area contributed by atoms with Gasteiger partial charge in [-0.1, -0.05) is 29.3 Å². The van der Waals surface area contributed by atoms with Gasteiger partial charge in [0.1, 0.15) is 10.8 Å². The monoisotopic (exact) mass is 348 g/mol. The molecule has 0 aliphatic heterocycles. The molecular weight excluding hydrogens is 328 g/mol. The second-order valence-corrected chi connectivity index (χ2v) is 5.68. The number of ether oxygens (including phenoxy) is 2. The van der Waals surface area contributed by atoms with E-state index in [0.29, 0.717) is 42.8 Å². The lowest BCUT2D eigenvalue weighted by atomic mass is 10.2. The van der Waals surface area contributed by atoms with Crippen LogP contribution in [0.15, 0.2) is 36.5 Å². The lowest BCUT2D eigenvalue weighted by Gasteiger charge is -2.09. The number of hydrogen-bond donors (Lipinski definition) is 1. The van der Waals surface area contributed by atoms with E-state index in [0.717, 1.165) is 11.1 Å². The zero-order chi connectivity index (χ0) is 17.4. The first kappa shape index (κ1) is 18.2. The summed E-state index contributed by atoms with van der Waals surface area (Å²) in [4.78, 5) is 15.5. The summed E-state index contributed by atoms with van der Waals surface area (Å²) in [5.74, 6) is 0.856. The minimum atomic E-state index is -0.206. The smallest absolute Gasteiger partial charge is 0.307 e. The largest absolute Gasteiger partial charge is 0.466 e. The fourth-order valence-electron chi connectivity index (χ4n) is 2.01. The number of benzene rings is 1. The van der Waals surface area contributed by atoms with E-state index in [2.05, 4.69) is 10.3 Å². The summed E-state index contributed by atoms with van der Waals surface area (Å²) in [6.07, 6.45) is 2.04. The molecule has 5 nitrogen and oxygen atoms in total. The fourth-order valence-corrected chi connectivity index (χ4v) is 2.24. The van der Waals surface area contributed by atoms with Crippen molar-refractivity contribution >= 4 is 17.6 Å². The molecule has 0 aliphatic rings. The number of aryl methyl sites for hydroxylation is 1. The molecule has 2 rings (SSSR count). The third kappa shape index (κ3) is 5.83. The van der Waals surface area contributed by atoms with Crippen LogP contribution < -0.4 is 10.1 Å². The number of hydrogen-bond acceptors (Lipinski definition) is 5. The Labute approximate surface area is 147 Å². The van der Waals surface area contributed by atoms with Crippen LogP contribution in [-0.4, -0.2) is 24.1 Å². The molecule has 1 aromatic carbocycles. The molecular formula is C18H21ClN2O3. The number of aromatic nitrogens is 1. The van der Waals surface area contributed by atoms with E-state index in [4.69, 9.17) is 21.1 Å². The Hall–Kier alpha value is -2.11. The molecule has 1 aromatic heterocycles. The van der Waals surface area contributed by atoms with E-state index in [1.165, 1.54) is 0 Å². The van der Waals surface area contributed by atoms with E-state index in [1.54, 1.807) is 19.2 Å². The predicted octanol–water partition coefficient (Wildman–Crippen LogP) is 3.88. The molecule has 0 saturated heterocycles. The van der Waals surface area contributed by atoms with Crippen molar-refractivity contribution in [3.8, 4) is 11.6 Å². The molecule has 0 amide bonds. The molecule has 24 heavy (non-hydrogen) atoms. The Bertz CT molecular complexity index is 674. The molecule has 0 atom stereocenters. The van der Waals surface area contributed by atoms with Gasteiger partial charge in [-0.05, 0) is 37.6 Å². The lowest BCUT2D eigenvalue weighted by molar-refractivity contribution is -0.142. The SMILES string of the molecule is CCOC(=O)CCNCc1cnc(Oc2ccc(C)cc2)c(Cl)c1. The highest BCUT2D eigenvalue weighted by Crippen LogP contribution is 2.27. The minimum Gasteiger partial charge on any atom is -0.466 e. The van der Waals surface area contributed by atoms with E-state index in [-0.39, 0.29) is 5.97 Å². The van der Waals surface area contributed by atoms with Gasteiger partial charge in [0, 0.05) is 19.3 Å². The van der Waals surface area contributed by atoms with E-state index in [9.17, 15) is 4.79 Å². The van der Waals surface area contributed by atoms with Crippen molar-refractivity contribution in [2.75, 3.05) is 13.2 Å². The van der Waals surface area contributed by atoms with Gasteiger partial charge in [0.15, 0.2) is 0 Å². The minimum absolute atomic E-state index is 0.206. The summed E-state index contributed by atoms with van der Waals surface area (Å²) < 4.78 is 10.5. The van der Waals surface area contributed by atoms with Crippen molar-refractivity contribution in [2.45, 2.75) is 26.8 Å². The summed E-state index contributed by atoms with van der Waals surface area (Å²) in [5, 5.41) is 3.60. The van der Waals surface area contributed by atoms with Crippen LogP contribution in [0.1, 0.15) is 24.5 Å². The van der Waals surface area contributed by atoms with Crippen LogP contribution in [-0.2, 0) is 16.1 Å². The molecule has 1 N–H and O–H groups in total. The topological polar surface area (TPSA) is 60.5 Å². The quantitative estimate of drug-likeness (QED) is 0.579. The first-order chi connectivity index (χ1) is 11.6. The number of halogens is 1. The van der Waals surface area contributed by atoms with Crippen LogP contribution in [0.25, 0.3) is 0 Å². The van der Waals surface area contributed by atoms with Crippen molar-refractivity contribution < 1.29 is 14.3 Å². The number of nitrogens with zero attached hydrogens (tertiary/aromatic N) is 1. The summed E-state index contributed by atoms with van der Waals surface area (Å²) >= 11 is 6.23. The Kier molecular flexibility index (Phi) is 7.03. The maximum absolute atomic E-state index is 11.2. The molecule has 6 heteroatoms. The summed E-state index contributed by atoms with van der Waals surface area (Å²) in [5.41, 5.74) is 2.07. The summed E-state index contributed by atoms with van der Waals surface area (Å²) in [7, 11) is 0. The van der Waals surface area contributed by atoms with Gasteiger partial charge in [-0.3, -0.25) is 4.79 Å². The van der Waals surface area contributed by atoms with Crippen LogP contribution in [0, 0.1) is 6.92 Å². The predicted molar refractivity (Wildman–Crippen MR) is 93.5 cm³/mol. The van der Waals surface area contributed by atoms with Gasteiger partial charge in [0.25, 0.3) is 0 Å². The number of carbonyl (C=O) groups excluding carboxylic acids is 1. The third-order valence-electron chi connectivity index (χ3n) is 3.24. The highest BCUT2D eigenvalue weighted by atomic mass is 35.5. The second-order valence-electron chi connectivity index (χ2n) is 5.28. The van der Waals surface area contributed by atoms with Crippen LogP contribution in [0.2, 0.25) is 5.02 Å². The molecule has 0 spiro atoms. The second kappa shape index (κ2) is 9.25. The fraction of sp³-hybridized carbons (Fsp3) is 0.333. The maximum atomic E-state index is 11.2. The summed E-state index contributed by atoms with van der Waals surface area (Å²) in [6.45, 7) is 5.31. The van der Waals surface area contributed by atoms with Gasteiger partial charge < -0.3 is 14.8 Å². The van der Waals surface area contributed by atoms with Gasteiger partial charge in [0.2, 0.25) is 5.88 Å². The van der Waals surface area contributed by atoms with E-state index >= 15 is 0 Å². The van der Waals surface area contributed by atoms with Crippen LogP contribution in [0.3, 0.4) is 0 Å². The maximum Gasteiger partial charge on any atom is 0.307 e. The zero-order valence-electron chi connectivity index (χ0n) is 13.8. The molecule has 1 heterocycles. The van der Waals surface area contributed by atoms with Crippen molar-refractivity contribution in [2.24, 2.45) is 0 Å². The summed E-state index contributed by atoms with van der Waals surface area (Å²) in [6, 6.07) is 9.47. The average molecular weight is 349 g/mol. The number of nitrogens with one attached hydrogen (secondary N) is 1. The van der Waals surface area contributed by atoms with Gasteiger partial charge in [-0.25, -0.2) is 4.98 Å². The molecule has 0 fully saturated rings.